The normalized spacial score (nSPS) is 20.8. The van der Waals surface area contributed by atoms with E-state index in [9.17, 15) is 9.59 Å². The second-order valence-electron chi connectivity index (χ2n) is 8.52. The monoisotopic (exact) mass is 453 g/mol. The Morgan fingerprint density at radius 1 is 0.909 bits per heavy atom. The van der Waals surface area contributed by atoms with E-state index in [1.54, 1.807) is 29.3 Å². The van der Waals surface area contributed by atoms with Gasteiger partial charge in [0.05, 0.1) is 19.6 Å². The number of hydrogen-bond donors (Lipinski definition) is 0. The van der Waals surface area contributed by atoms with Crippen molar-refractivity contribution >= 4 is 11.8 Å². The highest BCUT2D eigenvalue weighted by Crippen LogP contribution is 2.26. The van der Waals surface area contributed by atoms with Crippen molar-refractivity contribution < 1.29 is 23.8 Å². The van der Waals surface area contributed by atoms with Crippen LogP contribution in [0.1, 0.15) is 25.7 Å². The highest BCUT2D eigenvalue weighted by molar-refractivity contribution is 5.79. The van der Waals surface area contributed by atoms with Gasteiger partial charge in [-0.3, -0.25) is 9.59 Å². The Kier molecular flexibility index (Phi) is 7.78. The minimum absolute atomic E-state index is 0.0467. The van der Waals surface area contributed by atoms with Crippen molar-refractivity contribution in [1.29, 1.82) is 0 Å². The largest absolute Gasteiger partial charge is 0.490 e. The van der Waals surface area contributed by atoms with Crippen molar-refractivity contribution in [2.45, 2.75) is 31.3 Å². The number of piperidine rings is 1. The Morgan fingerprint density at radius 2 is 1.70 bits per heavy atom. The summed E-state index contributed by atoms with van der Waals surface area (Å²) >= 11 is 0. The number of pyridine rings is 1. The van der Waals surface area contributed by atoms with E-state index in [-0.39, 0.29) is 38.0 Å². The lowest BCUT2D eigenvalue weighted by atomic mass is 9.96. The predicted molar refractivity (Wildman–Crippen MR) is 122 cm³/mol. The molecule has 0 aliphatic carbocycles. The van der Waals surface area contributed by atoms with E-state index in [1.165, 1.54) is 0 Å². The van der Waals surface area contributed by atoms with Crippen molar-refractivity contribution in [2.24, 2.45) is 0 Å². The molecule has 33 heavy (non-hydrogen) atoms. The number of hydrogen-bond acceptors (Lipinski definition) is 6. The van der Waals surface area contributed by atoms with Crippen molar-refractivity contribution in [3.8, 4) is 11.6 Å². The number of amides is 2. The van der Waals surface area contributed by atoms with Crippen LogP contribution < -0.4 is 9.47 Å². The molecule has 2 aromatic rings. The molecule has 2 saturated heterocycles. The fourth-order valence-corrected chi connectivity index (χ4v) is 4.22. The molecule has 1 aromatic carbocycles. The number of morpholine rings is 1. The molecule has 3 heterocycles. The van der Waals surface area contributed by atoms with Gasteiger partial charge in [-0.1, -0.05) is 24.3 Å². The number of likely N-dealkylation sites (tertiary alicyclic amines) is 1. The Hall–Kier alpha value is -3.13. The van der Waals surface area contributed by atoms with Crippen LogP contribution in [0.3, 0.4) is 0 Å². The fraction of sp³-hybridized carbons (Fsp3) is 0.480. The van der Waals surface area contributed by atoms with Crippen LogP contribution in [0, 0.1) is 0 Å². The average molecular weight is 454 g/mol. The molecule has 1 aromatic heterocycles. The van der Waals surface area contributed by atoms with Crippen molar-refractivity contribution in [1.82, 2.24) is 14.8 Å². The van der Waals surface area contributed by atoms with Crippen molar-refractivity contribution in [2.75, 3.05) is 46.0 Å². The number of aromatic nitrogens is 1. The van der Waals surface area contributed by atoms with Crippen LogP contribution in [0.5, 0.6) is 11.6 Å². The van der Waals surface area contributed by atoms with Crippen LogP contribution in [0.15, 0.2) is 54.7 Å². The minimum atomic E-state index is -0.913. The zero-order valence-corrected chi connectivity index (χ0v) is 18.9. The summed E-state index contributed by atoms with van der Waals surface area (Å²) in [5, 5.41) is 0. The minimum Gasteiger partial charge on any atom is -0.490 e. The van der Waals surface area contributed by atoms with Gasteiger partial charge in [0.1, 0.15) is 18.0 Å². The predicted octanol–water partition coefficient (Wildman–Crippen LogP) is 2.54. The molecule has 2 fully saturated rings. The van der Waals surface area contributed by atoms with E-state index < -0.39 is 5.60 Å². The molecule has 8 nitrogen and oxygen atoms in total. The Labute approximate surface area is 194 Å². The summed E-state index contributed by atoms with van der Waals surface area (Å²) < 4.78 is 17.7. The smallest absolute Gasteiger partial charge is 0.260 e. The number of ether oxygens (including phenoxy) is 3. The summed E-state index contributed by atoms with van der Waals surface area (Å²) in [4.78, 5) is 33.7. The Balaban J connectivity index is 1.43. The summed E-state index contributed by atoms with van der Waals surface area (Å²) in [6, 6.07) is 14.8. The van der Waals surface area contributed by atoms with Crippen molar-refractivity contribution in [3.63, 3.8) is 0 Å². The van der Waals surface area contributed by atoms with E-state index in [0.29, 0.717) is 24.8 Å². The molecule has 0 unspecified atom stereocenters. The second kappa shape index (κ2) is 11.1. The maximum Gasteiger partial charge on any atom is 0.260 e. The van der Waals surface area contributed by atoms with Crippen LogP contribution in [0.2, 0.25) is 0 Å². The maximum absolute atomic E-state index is 13.1. The van der Waals surface area contributed by atoms with Crippen LogP contribution >= 0.6 is 0 Å². The van der Waals surface area contributed by atoms with E-state index >= 15 is 0 Å². The lowest BCUT2D eigenvalue weighted by Gasteiger charge is -2.43. The first-order valence-electron chi connectivity index (χ1n) is 11.5. The molecule has 0 radical (unpaired) electrons. The molecular formula is C25H31N3O5. The molecule has 0 spiro atoms. The van der Waals surface area contributed by atoms with Crippen molar-refractivity contribution in [3.05, 3.63) is 54.7 Å². The maximum atomic E-state index is 13.1. The average Bonchev–Trinajstić information content (AvgIpc) is 2.88. The summed E-state index contributed by atoms with van der Waals surface area (Å²) in [6.45, 7) is 2.65. The quantitative estimate of drug-likeness (QED) is 0.611. The number of carbonyl (C=O) groups excluding carboxylic acids is 2. The molecule has 8 heteroatoms. The topological polar surface area (TPSA) is 81.2 Å². The van der Waals surface area contributed by atoms with Crippen LogP contribution in [0.25, 0.3) is 0 Å². The van der Waals surface area contributed by atoms with Gasteiger partial charge in [0, 0.05) is 31.9 Å². The highest BCUT2D eigenvalue weighted by atomic mass is 16.5. The molecule has 176 valence electrons. The van der Waals surface area contributed by atoms with Gasteiger partial charge in [0.2, 0.25) is 11.8 Å². The molecule has 2 aliphatic heterocycles. The van der Waals surface area contributed by atoms with E-state index in [2.05, 4.69) is 4.98 Å². The Bertz CT molecular complexity index is 905. The second-order valence-corrected chi connectivity index (χ2v) is 8.52. The van der Waals surface area contributed by atoms with Gasteiger partial charge in [-0.05, 0) is 37.5 Å². The fourth-order valence-electron chi connectivity index (χ4n) is 4.22. The molecule has 4 rings (SSSR count). The third-order valence-electron chi connectivity index (χ3n) is 6.01. The molecule has 1 atom stereocenters. The lowest BCUT2D eigenvalue weighted by Crippen LogP contribution is -2.59. The first kappa shape index (κ1) is 23.0. The van der Waals surface area contributed by atoms with E-state index in [1.807, 2.05) is 35.2 Å². The van der Waals surface area contributed by atoms with Gasteiger partial charge < -0.3 is 24.0 Å². The SMILES string of the molecule is O=C(C[C@@]1(COc2ccccc2)CN(C(=O)COc2ccccn2)CCO1)N1CCCCC1. The van der Waals surface area contributed by atoms with E-state index in [4.69, 9.17) is 14.2 Å². The van der Waals surface area contributed by atoms with Gasteiger partial charge in [0.15, 0.2) is 6.61 Å². The van der Waals surface area contributed by atoms with Gasteiger partial charge in [-0.2, -0.15) is 0 Å². The number of carbonyl (C=O) groups is 2. The zero-order chi connectivity index (χ0) is 22.9. The number of benzene rings is 1. The molecule has 2 amide bonds. The summed E-state index contributed by atoms with van der Waals surface area (Å²) in [5.41, 5.74) is -0.913. The molecule has 0 bridgehead atoms. The molecule has 0 N–H and O–H groups in total. The van der Waals surface area contributed by atoms with Crippen LogP contribution in [0.4, 0.5) is 0 Å². The third kappa shape index (κ3) is 6.44. The molecular weight excluding hydrogens is 422 g/mol. The summed E-state index contributed by atoms with van der Waals surface area (Å²) in [7, 11) is 0. The molecule has 2 aliphatic rings. The molecule has 0 saturated carbocycles. The van der Waals surface area contributed by atoms with Crippen LogP contribution in [-0.2, 0) is 14.3 Å². The summed E-state index contributed by atoms with van der Waals surface area (Å²) in [6.07, 6.45) is 4.99. The lowest BCUT2D eigenvalue weighted by molar-refractivity contribution is -0.167. The van der Waals surface area contributed by atoms with Gasteiger partial charge in [-0.15, -0.1) is 0 Å². The van der Waals surface area contributed by atoms with Gasteiger partial charge in [0.25, 0.3) is 5.91 Å². The highest BCUT2D eigenvalue weighted by Gasteiger charge is 2.42. The number of nitrogens with zero attached hydrogens (tertiary/aromatic N) is 3. The first-order chi connectivity index (χ1) is 16.1. The Morgan fingerprint density at radius 3 is 2.45 bits per heavy atom. The summed E-state index contributed by atoms with van der Waals surface area (Å²) in [5.74, 6) is 0.981. The van der Waals surface area contributed by atoms with Gasteiger partial charge >= 0.3 is 0 Å². The van der Waals surface area contributed by atoms with E-state index in [0.717, 1.165) is 32.4 Å². The zero-order valence-electron chi connectivity index (χ0n) is 18.9. The number of rotatable bonds is 8. The number of para-hydroxylation sites is 1. The third-order valence-corrected chi connectivity index (χ3v) is 6.01. The standard InChI is InChI=1S/C25H31N3O5/c29-23(27-13-7-2-8-14-27)17-25(20-32-21-9-3-1-4-10-21)19-28(15-16-33-25)24(30)18-31-22-11-5-6-12-26-22/h1,3-6,9-12H,2,7-8,13-20H2/t25-/m0/s1. The van der Waals surface area contributed by atoms with Gasteiger partial charge in [-0.25, -0.2) is 4.98 Å². The first-order valence-corrected chi connectivity index (χ1v) is 11.5. The van der Waals surface area contributed by atoms with Crippen LogP contribution in [-0.4, -0.2) is 78.2 Å².